The van der Waals surface area contributed by atoms with Gasteiger partial charge in [-0.25, -0.2) is 9.59 Å². The van der Waals surface area contributed by atoms with Crippen LogP contribution in [0.15, 0.2) is 72.8 Å². The number of carbonyl (C=O) groups excluding carboxylic acids is 2. The molecule has 0 saturated carbocycles. The molecule has 0 unspecified atom stereocenters. The van der Waals surface area contributed by atoms with Gasteiger partial charge in [0, 0.05) is 23.9 Å². The van der Waals surface area contributed by atoms with E-state index in [0.29, 0.717) is 55.0 Å². The van der Waals surface area contributed by atoms with E-state index in [0.717, 1.165) is 0 Å². The highest BCUT2D eigenvalue weighted by Gasteiger charge is 2.34. The van der Waals surface area contributed by atoms with Crippen molar-refractivity contribution in [3.8, 4) is 17.6 Å². The number of nitrogens with two attached hydrogens (primary N) is 2. The molecule has 0 amide bonds. The standard InChI is InChI=1S/C31H31F2N3O6/c32-31(33,24-8-12-27(13-9-24)39-16-2-1-15-34)42-28-10-5-22(6-11-28)7-14-29(37)40-17-3-4-18-41-30(38)23-19-25(35)21-26(36)20-23/h5-14,19-21H,1-4,16-18,35-36H2. The third-order valence-electron chi connectivity index (χ3n) is 5.66. The number of nitriles is 1. The highest BCUT2D eigenvalue weighted by molar-refractivity contribution is 5.91. The van der Waals surface area contributed by atoms with E-state index in [4.69, 9.17) is 35.7 Å². The number of nitrogen functional groups attached to an aromatic ring is 2. The molecule has 9 nitrogen and oxygen atoms in total. The van der Waals surface area contributed by atoms with E-state index < -0.39 is 18.0 Å². The molecular formula is C31H31F2N3O6. The summed E-state index contributed by atoms with van der Waals surface area (Å²) in [6.45, 7) is 0.584. The van der Waals surface area contributed by atoms with Crippen molar-refractivity contribution in [2.45, 2.75) is 31.8 Å². The van der Waals surface area contributed by atoms with Gasteiger partial charge in [0.25, 0.3) is 0 Å². The van der Waals surface area contributed by atoms with E-state index in [2.05, 4.69) is 0 Å². The Kier molecular flexibility index (Phi) is 11.7. The Morgan fingerprint density at radius 2 is 1.45 bits per heavy atom. The van der Waals surface area contributed by atoms with E-state index in [-0.39, 0.29) is 30.1 Å². The Morgan fingerprint density at radius 1 is 0.833 bits per heavy atom. The van der Waals surface area contributed by atoms with Crippen LogP contribution in [0.25, 0.3) is 6.08 Å². The van der Waals surface area contributed by atoms with Crippen LogP contribution < -0.4 is 20.9 Å². The molecule has 220 valence electrons. The second-order valence-corrected chi connectivity index (χ2v) is 9.05. The van der Waals surface area contributed by atoms with E-state index >= 15 is 0 Å². The molecular weight excluding hydrogens is 548 g/mol. The number of hydrogen-bond acceptors (Lipinski definition) is 9. The molecule has 0 spiro atoms. The molecule has 0 saturated heterocycles. The number of esters is 2. The van der Waals surface area contributed by atoms with Crippen molar-refractivity contribution < 1.29 is 37.3 Å². The summed E-state index contributed by atoms with van der Waals surface area (Å²) in [5, 5.41) is 8.53. The number of benzene rings is 3. The lowest BCUT2D eigenvalue weighted by Gasteiger charge is -2.18. The maximum atomic E-state index is 14.6. The zero-order chi connectivity index (χ0) is 30.4. The smallest absolute Gasteiger partial charge is 0.426 e. The zero-order valence-electron chi connectivity index (χ0n) is 22.8. The fourth-order valence-electron chi connectivity index (χ4n) is 3.57. The monoisotopic (exact) mass is 579 g/mol. The first-order chi connectivity index (χ1) is 20.2. The molecule has 0 atom stereocenters. The molecule has 0 aliphatic rings. The van der Waals surface area contributed by atoms with Crippen molar-refractivity contribution >= 4 is 29.4 Å². The number of rotatable bonds is 15. The summed E-state index contributed by atoms with van der Waals surface area (Å²) < 4.78 is 49.8. The van der Waals surface area contributed by atoms with Gasteiger partial charge in [0.05, 0.1) is 37.0 Å². The molecule has 0 aliphatic carbocycles. The summed E-state index contributed by atoms with van der Waals surface area (Å²) in [5.41, 5.74) is 12.6. The molecule has 11 heteroatoms. The summed E-state index contributed by atoms with van der Waals surface area (Å²) >= 11 is 0. The minimum Gasteiger partial charge on any atom is -0.494 e. The number of carbonyl (C=O) groups is 2. The fourth-order valence-corrected chi connectivity index (χ4v) is 3.57. The first-order valence-electron chi connectivity index (χ1n) is 13.1. The Morgan fingerprint density at radius 3 is 2.10 bits per heavy atom. The summed E-state index contributed by atoms with van der Waals surface area (Å²) in [6, 6.07) is 17.5. The van der Waals surface area contributed by atoms with Crippen LogP contribution in [0.2, 0.25) is 0 Å². The van der Waals surface area contributed by atoms with Gasteiger partial charge in [-0.2, -0.15) is 14.0 Å². The topological polar surface area (TPSA) is 147 Å². The summed E-state index contributed by atoms with van der Waals surface area (Å²) in [4.78, 5) is 24.0. The number of halogens is 2. The van der Waals surface area contributed by atoms with Crippen LogP contribution in [0.3, 0.4) is 0 Å². The van der Waals surface area contributed by atoms with Gasteiger partial charge in [-0.3, -0.25) is 0 Å². The SMILES string of the molecule is N#CCCCOc1ccc(C(F)(F)Oc2ccc(C=CC(=O)OCCCCOC(=O)c3cc(N)cc(N)c3)cc2)cc1. The highest BCUT2D eigenvalue weighted by atomic mass is 19.3. The van der Waals surface area contributed by atoms with Crippen LogP contribution in [0.4, 0.5) is 20.2 Å². The molecule has 0 aliphatic heterocycles. The van der Waals surface area contributed by atoms with Crippen LogP contribution in [-0.2, 0) is 20.4 Å². The van der Waals surface area contributed by atoms with Crippen LogP contribution in [0.1, 0.15) is 47.2 Å². The fraction of sp³-hybridized carbons (Fsp3) is 0.258. The molecule has 4 N–H and O–H groups in total. The quantitative estimate of drug-likeness (QED) is 0.0978. The summed E-state index contributed by atoms with van der Waals surface area (Å²) in [6.07, 6.45) is 0.986. The van der Waals surface area contributed by atoms with E-state index in [1.54, 1.807) is 0 Å². The average Bonchev–Trinajstić information content (AvgIpc) is 2.96. The van der Waals surface area contributed by atoms with Gasteiger partial charge >= 0.3 is 18.0 Å². The summed E-state index contributed by atoms with van der Waals surface area (Å²) in [7, 11) is 0. The Labute approximate surface area is 242 Å². The highest BCUT2D eigenvalue weighted by Crippen LogP contribution is 2.32. The van der Waals surface area contributed by atoms with Gasteiger partial charge < -0.3 is 30.4 Å². The third kappa shape index (κ3) is 10.5. The predicted molar refractivity (Wildman–Crippen MR) is 153 cm³/mol. The molecule has 3 aromatic rings. The van der Waals surface area contributed by atoms with Gasteiger partial charge in [-0.1, -0.05) is 12.1 Å². The van der Waals surface area contributed by atoms with Crippen LogP contribution >= 0.6 is 0 Å². The molecule has 0 aromatic heterocycles. The van der Waals surface area contributed by atoms with Crippen LogP contribution in [0.5, 0.6) is 11.5 Å². The van der Waals surface area contributed by atoms with Crippen LogP contribution in [-0.4, -0.2) is 31.8 Å². The van der Waals surface area contributed by atoms with Gasteiger partial charge in [-0.15, -0.1) is 0 Å². The lowest BCUT2D eigenvalue weighted by molar-refractivity contribution is -0.185. The normalized spacial score (nSPS) is 11.1. The van der Waals surface area contributed by atoms with Gasteiger partial charge in [0.15, 0.2) is 0 Å². The van der Waals surface area contributed by atoms with Crippen molar-refractivity contribution in [2.75, 3.05) is 31.3 Å². The van der Waals surface area contributed by atoms with Crippen molar-refractivity contribution in [2.24, 2.45) is 0 Å². The minimum atomic E-state index is -3.58. The molecule has 0 fully saturated rings. The Hall–Kier alpha value is -5.11. The first kappa shape index (κ1) is 31.4. The van der Waals surface area contributed by atoms with E-state index in [9.17, 15) is 18.4 Å². The average molecular weight is 580 g/mol. The minimum absolute atomic E-state index is 0.0588. The predicted octanol–water partition coefficient (Wildman–Crippen LogP) is 5.86. The molecule has 0 bridgehead atoms. The van der Waals surface area contributed by atoms with E-state index in [1.165, 1.54) is 78.9 Å². The largest absolute Gasteiger partial charge is 0.494 e. The molecule has 3 rings (SSSR count). The van der Waals surface area contributed by atoms with Crippen LogP contribution in [0, 0.1) is 11.3 Å². The van der Waals surface area contributed by atoms with Crippen molar-refractivity contribution in [3.05, 3.63) is 89.5 Å². The number of unbranched alkanes of at least 4 members (excludes halogenated alkanes) is 2. The maximum absolute atomic E-state index is 14.6. The second-order valence-electron chi connectivity index (χ2n) is 9.05. The first-order valence-corrected chi connectivity index (χ1v) is 13.1. The Bertz CT molecular complexity index is 1380. The van der Waals surface area contributed by atoms with Crippen molar-refractivity contribution in [3.63, 3.8) is 0 Å². The third-order valence-corrected chi connectivity index (χ3v) is 5.66. The molecule has 3 aromatic carbocycles. The number of hydrogen-bond donors (Lipinski definition) is 2. The van der Waals surface area contributed by atoms with Gasteiger partial charge in [0.2, 0.25) is 0 Å². The lowest BCUT2D eigenvalue weighted by atomic mass is 10.2. The zero-order valence-corrected chi connectivity index (χ0v) is 22.8. The molecule has 0 radical (unpaired) electrons. The lowest BCUT2D eigenvalue weighted by Crippen LogP contribution is -2.21. The summed E-state index contributed by atoms with van der Waals surface area (Å²) in [5.74, 6) is -0.759. The number of alkyl halides is 2. The number of anilines is 2. The number of ether oxygens (including phenoxy) is 4. The molecule has 0 heterocycles. The van der Waals surface area contributed by atoms with Gasteiger partial charge in [-0.05, 0) is 85.5 Å². The second kappa shape index (κ2) is 15.6. The number of nitrogens with zero attached hydrogens (tertiary/aromatic N) is 1. The Balaban J connectivity index is 1.36. The van der Waals surface area contributed by atoms with Crippen molar-refractivity contribution in [1.82, 2.24) is 0 Å². The van der Waals surface area contributed by atoms with Crippen molar-refractivity contribution in [1.29, 1.82) is 5.26 Å². The maximum Gasteiger partial charge on any atom is 0.426 e. The van der Waals surface area contributed by atoms with E-state index in [1.807, 2.05) is 6.07 Å². The van der Waals surface area contributed by atoms with Gasteiger partial charge in [0.1, 0.15) is 11.5 Å². The molecule has 42 heavy (non-hydrogen) atoms.